The van der Waals surface area contributed by atoms with Crippen LogP contribution in [-0.4, -0.2) is 19.9 Å². The van der Waals surface area contributed by atoms with E-state index in [2.05, 4.69) is 169 Å². The molecule has 53 heavy (non-hydrogen) atoms. The first-order chi connectivity index (χ1) is 26.3. The first kappa shape index (κ1) is 30.8. The van der Waals surface area contributed by atoms with Gasteiger partial charge >= 0.3 is 0 Å². The Balaban J connectivity index is 1.18. The Morgan fingerprint density at radius 2 is 0.906 bits per heavy atom. The molecule has 4 nitrogen and oxygen atoms in total. The van der Waals surface area contributed by atoms with Crippen LogP contribution in [-0.2, 0) is 5.41 Å². The minimum atomic E-state index is -0.504. The summed E-state index contributed by atoms with van der Waals surface area (Å²) in [5.74, 6) is 1.92. The first-order valence-corrected chi connectivity index (χ1v) is 17.9. The minimum Gasteiger partial charge on any atom is -0.265 e. The second kappa shape index (κ2) is 12.6. The van der Waals surface area contributed by atoms with Gasteiger partial charge in [0.05, 0.1) is 5.41 Å². The van der Waals surface area contributed by atoms with Crippen molar-refractivity contribution in [3.8, 4) is 56.4 Å². The third kappa shape index (κ3) is 4.99. The lowest BCUT2D eigenvalue weighted by Crippen LogP contribution is -2.28. The van der Waals surface area contributed by atoms with Crippen LogP contribution in [0.1, 0.15) is 22.3 Å². The third-order valence-electron chi connectivity index (χ3n) is 10.5. The number of pyridine rings is 1. The molecule has 0 saturated carbocycles. The topological polar surface area (TPSA) is 51.6 Å². The van der Waals surface area contributed by atoms with Gasteiger partial charge in [0.2, 0.25) is 0 Å². The van der Waals surface area contributed by atoms with E-state index in [9.17, 15) is 0 Å². The summed E-state index contributed by atoms with van der Waals surface area (Å²) < 4.78 is 0. The maximum Gasteiger partial charge on any atom is 0.164 e. The van der Waals surface area contributed by atoms with Crippen molar-refractivity contribution in [1.82, 2.24) is 19.9 Å². The number of rotatable bonds is 6. The molecule has 0 amide bonds. The Morgan fingerprint density at radius 3 is 1.75 bits per heavy atom. The average Bonchev–Trinajstić information content (AvgIpc) is 3.55. The van der Waals surface area contributed by atoms with Crippen molar-refractivity contribution in [3.63, 3.8) is 0 Å². The lowest BCUT2D eigenvalue weighted by molar-refractivity contribution is 0.766. The molecule has 1 aliphatic rings. The molecule has 9 aromatic rings. The van der Waals surface area contributed by atoms with Gasteiger partial charge in [-0.05, 0) is 73.5 Å². The molecule has 0 radical (unpaired) electrons. The van der Waals surface area contributed by atoms with Crippen molar-refractivity contribution >= 4 is 10.8 Å². The van der Waals surface area contributed by atoms with E-state index in [1.807, 2.05) is 30.6 Å². The lowest BCUT2D eigenvalue weighted by atomic mass is 9.68. The number of hydrogen-bond acceptors (Lipinski definition) is 4. The van der Waals surface area contributed by atoms with E-state index in [0.29, 0.717) is 17.5 Å². The summed E-state index contributed by atoms with van der Waals surface area (Å²) in [4.78, 5) is 19.7. The average molecular weight is 677 g/mol. The number of aromatic nitrogens is 4. The molecular formula is C49H32N4. The molecule has 0 fully saturated rings. The quantitative estimate of drug-likeness (QED) is 0.176. The Bertz CT molecular complexity index is 2730. The van der Waals surface area contributed by atoms with E-state index in [1.54, 1.807) is 0 Å². The van der Waals surface area contributed by atoms with Crippen molar-refractivity contribution in [3.05, 3.63) is 217 Å². The highest BCUT2D eigenvalue weighted by Gasteiger charge is 2.46. The molecule has 0 bridgehead atoms. The van der Waals surface area contributed by atoms with Crippen LogP contribution in [0.5, 0.6) is 0 Å². The molecule has 4 heteroatoms. The maximum absolute atomic E-state index is 5.17. The van der Waals surface area contributed by atoms with Gasteiger partial charge in [0.15, 0.2) is 17.5 Å². The van der Waals surface area contributed by atoms with Crippen LogP contribution >= 0.6 is 0 Å². The van der Waals surface area contributed by atoms with Crippen LogP contribution in [0.25, 0.3) is 67.2 Å². The molecule has 2 aromatic heterocycles. The molecule has 0 aliphatic heterocycles. The Labute approximate surface area is 308 Å². The first-order valence-electron chi connectivity index (χ1n) is 17.9. The molecule has 7 aromatic carbocycles. The Kier molecular flexibility index (Phi) is 7.33. The highest BCUT2D eigenvalue weighted by Crippen LogP contribution is 2.58. The van der Waals surface area contributed by atoms with Gasteiger partial charge in [0.1, 0.15) is 0 Å². The second-order valence-corrected chi connectivity index (χ2v) is 13.4. The third-order valence-corrected chi connectivity index (χ3v) is 10.5. The predicted molar refractivity (Wildman–Crippen MR) is 214 cm³/mol. The van der Waals surface area contributed by atoms with E-state index in [-0.39, 0.29) is 0 Å². The summed E-state index contributed by atoms with van der Waals surface area (Å²) in [6, 6.07) is 64.2. The molecule has 248 valence electrons. The van der Waals surface area contributed by atoms with Gasteiger partial charge in [-0.25, -0.2) is 15.0 Å². The number of hydrogen-bond donors (Lipinski definition) is 0. The monoisotopic (exact) mass is 676 g/mol. The summed E-state index contributed by atoms with van der Waals surface area (Å²) in [5.41, 5.74) is 12.0. The van der Waals surface area contributed by atoms with Crippen LogP contribution in [0.2, 0.25) is 0 Å². The molecule has 2 heterocycles. The zero-order chi connectivity index (χ0) is 35.2. The fourth-order valence-electron chi connectivity index (χ4n) is 8.24. The minimum absolute atomic E-state index is 0.504. The van der Waals surface area contributed by atoms with Crippen molar-refractivity contribution in [2.45, 2.75) is 5.41 Å². The molecule has 10 rings (SSSR count). The van der Waals surface area contributed by atoms with Gasteiger partial charge in [0, 0.05) is 29.1 Å². The number of benzene rings is 7. The van der Waals surface area contributed by atoms with E-state index in [1.165, 1.54) is 33.4 Å². The highest BCUT2D eigenvalue weighted by atomic mass is 15.0. The normalized spacial score (nSPS) is 14.5. The van der Waals surface area contributed by atoms with Gasteiger partial charge in [0.25, 0.3) is 0 Å². The molecule has 1 atom stereocenters. The van der Waals surface area contributed by atoms with Gasteiger partial charge < -0.3 is 0 Å². The summed E-state index contributed by atoms with van der Waals surface area (Å²) in [6.45, 7) is 0. The Morgan fingerprint density at radius 1 is 0.358 bits per heavy atom. The van der Waals surface area contributed by atoms with Gasteiger partial charge in [-0.1, -0.05) is 164 Å². The smallest absolute Gasteiger partial charge is 0.164 e. The van der Waals surface area contributed by atoms with Crippen molar-refractivity contribution in [2.24, 2.45) is 0 Å². The molecule has 1 unspecified atom stereocenters. The van der Waals surface area contributed by atoms with E-state index < -0.39 is 5.41 Å². The lowest BCUT2D eigenvalue weighted by Gasteiger charge is -2.33. The Hall–Kier alpha value is -7.04. The van der Waals surface area contributed by atoms with Crippen molar-refractivity contribution in [2.75, 3.05) is 0 Å². The molecule has 0 N–H and O–H groups in total. The second-order valence-electron chi connectivity index (χ2n) is 13.4. The maximum atomic E-state index is 5.17. The van der Waals surface area contributed by atoms with Crippen LogP contribution in [0.3, 0.4) is 0 Å². The van der Waals surface area contributed by atoms with Crippen LogP contribution in [0.4, 0.5) is 0 Å². The van der Waals surface area contributed by atoms with E-state index in [4.69, 9.17) is 15.0 Å². The van der Waals surface area contributed by atoms with Gasteiger partial charge in [-0.2, -0.15) is 0 Å². The number of nitrogens with zero attached hydrogens (tertiary/aromatic N) is 4. The fourth-order valence-corrected chi connectivity index (χ4v) is 8.24. The van der Waals surface area contributed by atoms with Gasteiger partial charge in [-0.15, -0.1) is 0 Å². The van der Waals surface area contributed by atoms with E-state index in [0.717, 1.165) is 38.6 Å². The van der Waals surface area contributed by atoms with Crippen LogP contribution in [0, 0.1) is 0 Å². The molecule has 0 saturated heterocycles. The summed E-state index contributed by atoms with van der Waals surface area (Å²) in [7, 11) is 0. The number of fused-ring (bicyclic) bond motifs is 4. The molecular weight excluding hydrogens is 645 g/mol. The van der Waals surface area contributed by atoms with E-state index >= 15 is 0 Å². The molecule has 0 spiro atoms. The fraction of sp³-hybridized carbons (Fsp3) is 0.0204. The predicted octanol–water partition coefficient (Wildman–Crippen LogP) is 11.5. The van der Waals surface area contributed by atoms with Crippen LogP contribution in [0.15, 0.2) is 194 Å². The highest BCUT2D eigenvalue weighted by molar-refractivity contribution is 5.97. The summed E-state index contributed by atoms with van der Waals surface area (Å²) in [5, 5.41) is 2.25. The largest absolute Gasteiger partial charge is 0.265 e. The van der Waals surface area contributed by atoms with Crippen molar-refractivity contribution in [1.29, 1.82) is 0 Å². The van der Waals surface area contributed by atoms with Crippen molar-refractivity contribution < 1.29 is 0 Å². The zero-order valence-electron chi connectivity index (χ0n) is 28.8. The van der Waals surface area contributed by atoms with Gasteiger partial charge in [-0.3, -0.25) is 4.98 Å². The molecule has 1 aliphatic carbocycles. The standard InChI is InChI=1S/C49H32N4/c1-3-15-34(16-4-1)46-51-47(53-48(52-46)41-25-12-17-33-14-7-8-22-39(33)41)36-19-11-18-35(32-36)40-24-13-27-44-45(40)42-23-9-10-26-43(42)49(44,37-20-5-2-6-21-37)38-28-30-50-31-29-38/h1-32H. The zero-order valence-corrected chi connectivity index (χ0v) is 28.8. The summed E-state index contributed by atoms with van der Waals surface area (Å²) in [6.07, 6.45) is 3.80. The summed E-state index contributed by atoms with van der Waals surface area (Å²) >= 11 is 0. The SMILES string of the molecule is c1ccc(-c2nc(-c3cccc(-c4cccc5c4-c4ccccc4C5(c4ccccc4)c4ccncc4)c3)nc(-c3cccc4ccccc34)n2)cc1. The van der Waals surface area contributed by atoms with Crippen LogP contribution < -0.4 is 0 Å².